The van der Waals surface area contributed by atoms with Gasteiger partial charge in [-0.1, -0.05) is 43.3 Å². The van der Waals surface area contributed by atoms with Gasteiger partial charge in [0.05, 0.1) is 7.11 Å². The molecule has 1 N–H and O–H groups in total. The minimum Gasteiger partial charge on any atom is -0.493 e. The molecule has 0 aromatic heterocycles. The van der Waals surface area contributed by atoms with Crippen molar-refractivity contribution in [2.75, 3.05) is 7.11 Å². The molecule has 0 heterocycles. The lowest BCUT2D eigenvalue weighted by Crippen LogP contribution is -2.24. The van der Waals surface area contributed by atoms with Gasteiger partial charge in [0, 0.05) is 12.6 Å². The Morgan fingerprint density at radius 3 is 2.45 bits per heavy atom. The molecule has 0 aliphatic carbocycles. The first-order valence-electron chi connectivity index (χ1n) is 7.80. The summed E-state index contributed by atoms with van der Waals surface area (Å²) in [6.45, 7) is 5.75. The standard InChI is InChI=1S/C19H25NO2/c1-4-15(2)20-13-17-10-11-18(19(12-17)21-3)22-14-16-8-6-5-7-9-16/h5-12,15,20H,4,13-14H2,1-3H3/t15-/m0/s1. The first-order chi connectivity index (χ1) is 10.7. The average Bonchev–Trinajstić information content (AvgIpc) is 2.58. The molecule has 0 radical (unpaired) electrons. The van der Waals surface area contributed by atoms with Crippen molar-refractivity contribution < 1.29 is 9.47 Å². The van der Waals surface area contributed by atoms with Crippen molar-refractivity contribution in [3.05, 3.63) is 59.7 Å². The van der Waals surface area contributed by atoms with Crippen molar-refractivity contribution in [1.29, 1.82) is 0 Å². The third-order valence-electron chi connectivity index (χ3n) is 3.73. The van der Waals surface area contributed by atoms with Gasteiger partial charge < -0.3 is 14.8 Å². The maximum absolute atomic E-state index is 5.87. The van der Waals surface area contributed by atoms with Crippen LogP contribution in [-0.2, 0) is 13.2 Å². The molecule has 1 atom stereocenters. The van der Waals surface area contributed by atoms with Crippen molar-refractivity contribution in [2.45, 2.75) is 39.5 Å². The Hall–Kier alpha value is -2.00. The van der Waals surface area contributed by atoms with E-state index in [9.17, 15) is 0 Å². The van der Waals surface area contributed by atoms with Gasteiger partial charge in [-0.3, -0.25) is 0 Å². The maximum Gasteiger partial charge on any atom is 0.161 e. The highest BCUT2D eigenvalue weighted by atomic mass is 16.5. The molecule has 0 spiro atoms. The fraction of sp³-hybridized carbons (Fsp3) is 0.368. The number of rotatable bonds is 8. The van der Waals surface area contributed by atoms with E-state index in [4.69, 9.17) is 9.47 Å². The lowest BCUT2D eigenvalue weighted by molar-refractivity contribution is 0.284. The Bertz CT molecular complexity index is 569. The van der Waals surface area contributed by atoms with Crippen LogP contribution < -0.4 is 14.8 Å². The zero-order chi connectivity index (χ0) is 15.8. The van der Waals surface area contributed by atoms with E-state index in [1.165, 1.54) is 5.56 Å². The Balaban J connectivity index is 1.99. The van der Waals surface area contributed by atoms with E-state index in [0.29, 0.717) is 12.6 Å². The summed E-state index contributed by atoms with van der Waals surface area (Å²) in [5, 5.41) is 3.48. The maximum atomic E-state index is 5.87. The summed E-state index contributed by atoms with van der Waals surface area (Å²) in [7, 11) is 1.68. The number of hydrogen-bond acceptors (Lipinski definition) is 3. The summed E-state index contributed by atoms with van der Waals surface area (Å²) in [5.74, 6) is 1.55. The Kier molecular flexibility index (Phi) is 6.28. The van der Waals surface area contributed by atoms with E-state index in [1.807, 2.05) is 30.3 Å². The second kappa shape index (κ2) is 8.44. The molecule has 3 heteroatoms. The largest absolute Gasteiger partial charge is 0.493 e. The highest BCUT2D eigenvalue weighted by molar-refractivity contribution is 5.43. The van der Waals surface area contributed by atoms with E-state index in [1.54, 1.807) is 7.11 Å². The van der Waals surface area contributed by atoms with Crippen molar-refractivity contribution in [3.8, 4) is 11.5 Å². The van der Waals surface area contributed by atoms with Gasteiger partial charge in [-0.05, 0) is 36.6 Å². The Morgan fingerprint density at radius 1 is 1.00 bits per heavy atom. The average molecular weight is 299 g/mol. The molecule has 0 bridgehead atoms. The van der Waals surface area contributed by atoms with E-state index in [2.05, 4.69) is 37.4 Å². The topological polar surface area (TPSA) is 30.5 Å². The van der Waals surface area contributed by atoms with E-state index in [-0.39, 0.29) is 0 Å². The fourth-order valence-corrected chi connectivity index (χ4v) is 2.11. The molecule has 0 fully saturated rings. The number of methoxy groups -OCH3 is 1. The van der Waals surface area contributed by atoms with Gasteiger partial charge in [-0.25, -0.2) is 0 Å². The van der Waals surface area contributed by atoms with Gasteiger partial charge in [-0.15, -0.1) is 0 Å². The number of benzene rings is 2. The van der Waals surface area contributed by atoms with Gasteiger partial charge in [-0.2, -0.15) is 0 Å². The summed E-state index contributed by atoms with van der Waals surface area (Å²) in [6, 6.07) is 16.7. The molecule has 2 aromatic carbocycles. The van der Waals surface area contributed by atoms with Crippen LogP contribution in [0.25, 0.3) is 0 Å². The molecule has 2 rings (SSSR count). The molecule has 2 aromatic rings. The van der Waals surface area contributed by atoms with E-state index < -0.39 is 0 Å². The van der Waals surface area contributed by atoms with Gasteiger partial charge in [0.2, 0.25) is 0 Å². The predicted octanol–water partition coefficient (Wildman–Crippen LogP) is 4.16. The van der Waals surface area contributed by atoms with Crippen LogP contribution in [0.3, 0.4) is 0 Å². The fourth-order valence-electron chi connectivity index (χ4n) is 2.11. The number of nitrogens with one attached hydrogen (secondary N) is 1. The molecule has 0 saturated heterocycles. The Labute approximate surface area is 133 Å². The van der Waals surface area contributed by atoms with Gasteiger partial charge in [0.15, 0.2) is 11.5 Å². The van der Waals surface area contributed by atoms with Crippen molar-refractivity contribution in [1.82, 2.24) is 5.32 Å². The van der Waals surface area contributed by atoms with Crippen molar-refractivity contribution in [2.24, 2.45) is 0 Å². The molecule has 0 unspecified atom stereocenters. The van der Waals surface area contributed by atoms with Crippen LogP contribution in [0.15, 0.2) is 48.5 Å². The zero-order valence-corrected chi connectivity index (χ0v) is 13.6. The zero-order valence-electron chi connectivity index (χ0n) is 13.6. The minimum atomic E-state index is 0.514. The lowest BCUT2D eigenvalue weighted by Gasteiger charge is -2.14. The smallest absolute Gasteiger partial charge is 0.161 e. The summed E-state index contributed by atoms with van der Waals surface area (Å²) >= 11 is 0. The summed E-state index contributed by atoms with van der Waals surface area (Å²) in [4.78, 5) is 0. The minimum absolute atomic E-state index is 0.514. The van der Waals surface area contributed by atoms with Gasteiger partial charge in [0.25, 0.3) is 0 Å². The predicted molar refractivity (Wildman–Crippen MR) is 90.4 cm³/mol. The summed E-state index contributed by atoms with van der Waals surface area (Å²) in [6.07, 6.45) is 1.12. The molecule has 0 amide bonds. The highest BCUT2D eigenvalue weighted by Crippen LogP contribution is 2.28. The van der Waals surface area contributed by atoms with Crippen LogP contribution in [0.1, 0.15) is 31.4 Å². The van der Waals surface area contributed by atoms with E-state index in [0.717, 1.165) is 30.0 Å². The molecule has 0 aliphatic rings. The first-order valence-corrected chi connectivity index (χ1v) is 7.80. The lowest BCUT2D eigenvalue weighted by atomic mass is 10.1. The van der Waals surface area contributed by atoms with Crippen LogP contribution >= 0.6 is 0 Å². The van der Waals surface area contributed by atoms with Crippen LogP contribution in [0.2, 0.25) is 0 Å². The van der Waals surface area contributed by atoms with Crippen LogP contribution in [-0.4, -0.2) is 13.2 Å². The molecule has 3 nitrogen and oxygen atoms in total. The van der Waals surface area contributed by atoms with Crippen LogP contribution in [0, 0.1) is 0 Å². The number of ether oxygens (including phenoxy) is 2. The third kappa shape index (κ3) is 4.78. The normalized spacial score (nSPS) is 12.0. The van der Waals surface area contributed by atoms with Gasteiger partial charge >= 0.3 is 0 Å². The summed E-state index contributed by atoms with van der Waals surface area (Å²) in [5.41, 5.74) is 2.34. The van der Waals surface area contributed by atoms with Crippen LogP contribution in [0.4, 0.5) is 0 Å². The molecule has 0 aliphatic heterocycles. The molecular formula is C19H25NO2. The van der Waals surface area contributed by atoms with Crippen molar-refractivity contribution >= 4 is 0 Å². The van der Waals surface area contributed by atoms with E-state index >= 15 is 0 Å². The molecule has 0 saturated carbocycles. The second-order valence-corrected chi connectivity index (χ2v) is 5.45. The third-order valence-corrected chi connectivity index (χ3v) is 3.73. The molecular weight excluding hydrogens is 274 g/mol. The van der Waals surface area contributed by atoms with Crippen LogP contribution in [0.5, 0.6) is 11.5 Å². The summed E-state index contributed by atoms with van der Waals surface area (Å²) < 4.78 is 11.3. The molecule has 118 valence electrons. The monoisotopic (exact) mass is 299 g/mol. The van der Waals surface area contributed by atoms with Gasteiger partial charge in [0.1, 0.15) is 6.61 Å². The number of hydrogen-bond donors (Lipinski definition) is 1. The second-order valence-electron chi connectivity index (χ2n) is 5.45. The van der Waals surface area contributed by atoms with Crippen molar-refractivity contribution in [3.63, 3.8) is 0 Å². The highest BCUT2D eigenvalue weighted by Gasteiger charge is 2.07. The first kappa shape index (κ1) is 16.4. The Morgan fingerprint density at radius 2 is 1.77 bits per heavy atom. The quantitative estimate of drug-likeness (QED) is 0.794. The SMILES string of the molecule is CC[C@H](C)NCc1ccc(OCc2ccccc2)c(OC)c1. The molecule has 22 heavy (non-hydrogen) atoms.